The average Bonchev–Trinajstić information content (AvgIpc) is 3.41. The molecule has 4 rings (SSSR count). The van der Waals surface area contributed by atoms with Gasteiger partial charge in [-0.3, -0.25) is 14.9 Å². The van der Waals surface area contributed by atoms with Gasteiger partial charge in [-0.1, -0.05) is 0 Å². The molecule has 0 aliphatic carbocycles. The maximum Gasteiger partial charge on any atom is 0.414 e. The molecule has 31 heavy (non-hydrogen) atoms. The minimum absolute atomic E-state index is 0.144. The highest BCUT2D eigenvalue weighted by Crippen LogP contribution is 2.30. The lowest BCUT2D eigenvalue weighted by molar-refractivity contribution is 0.0926. The summed E-state index contributed by atoms with van der Waals surface area (Å²) in [6.45, 7) is 4.43. The summed E-state index contributed by atoms with van der Waals surface area (Å²) in [5.74, 6) is -0.374. The van der Waals surface area contributed by atoms with Gasteiger partial charge in [0.2, 0.25) is 0 Å². The van der Waals surface area contributed by atoms with Crippen LogP contribution in [0.25, 0.3) is 10.2 Å². The van der Waals surface area contributed by atoms with Crippen molar-refractivity contribution >= 4 is 61.6 Å². The molecule has 0 unspecified atom stereocenters. The first-order valence-corrected chi connectivity index (χ1v) is 11.2. The number of thiazole rings is 1. The third-order valence-electron chi connectivity index (χ3n) is 4.42. The molecule has 3 amide bonds. The van der Waals surface area contributed by atoms with E-state index in [1.54, 1.807) is 18.5 Å². The Hall–Kier alpha value is -3.09. The van der Waals surface area contributed by atoms with Gasteiger partial charge in [0.15, 0.2) is 10.8 Å². The Balaban J connectivity index is 1.53. The molecule has 3 aromatic heterocycles. The Morgan fingerprint density at radius 2 is 2.03 bits per heavy atom. The quantitative estimate of drug-likeness (QED) is 0.595. The fraction of sp³-hybridized carbons (Fsp3) is 0.316. The van der Waals surface area contributed by atoms with Gasteiger partial charge >= 0.3 is 6.09 Å². The number of pyridine rings is 1. The highest BCUT2D eigenvalue weighted by molar-refractivity contribution is 7.20. The third-order valence-corrected chi connectivity index (χ3v) is 6.27. The third kappa shape index (κ3) is 4.65. The number of hydrogen-bond donors (Lipinski definition) is 2. The molecular weight excluding hydrogens is 442 g/mol. The highest BCUT2D eigenvalue weighted by atomic mass is 32.1. The van der Waals surface area contributed by atoms with Gasteiger partial charge in [0, 0.05) is 19.3 Å². The van der Waals surface area contributed by atoms with Crippen molar-refractivity contribution < 1.29 is 23.9 Å². The van der Waals surface area contributed by atoms with Crippen molar-refractivity contribution in [1.82, 2.24) is 15.3 Å². The fourth-order valence-corrected chi connectivity index (χ4v) is 4.65. The lowest BCUT2D eigenvalue weighted by Gasteiger charge is -2.27. The second kappa shape index (κ2) is 9.37. The second-order valence-electron chi connectivity index (χ2n) is 6.39. The van der Waals surface area contributed by atoms with Crippen molar-refractivity contribution in [2.45, 2.75) is 6.92 Å². The number of carbonyl (C=O) groups excluding carboxylic acids is 3. The minimum Gasteiger partial charge on any atom is -0.450 e. The number of aromatic nitrogens is 2. The SMILES string of the molecule is CCOC(=O)NC(=O)c1ccsc1NC(=O)c1nc2c(N3CCOCC3)nccc2s1. The zero-order chi connectivity index (χ0) is 21.8. The van der Waals surface area contributed by atoms with E-state index < -0.39 is 17.9 Å². The number of imide groups is 1. The Morgan fingerprint density at radius 3 is 2.81 bits per heavy atom. The second-order valence-corrected chi connectivity index (χ2v) is 8.34. The van der Waals surface area contributed by atoms with Gasteiger partial charge in [0.1, 0.15) is 10.5 Å². The van der Waals surface area contributed by atoms with Gasteiger partial charge in [-0.25, -0.2) is 14.8 Å². The maximum atomic E-state index is 12.8. The molecule has 0 atom stereocenters. The van der Waals surface area contributed by atoms with Crippen LogP contribution < -0.4 is 15.5 Å². The van der Waals surface area contributed by atoms with Crippen molar-refractivity contribution in [2.75, 3.05) is 43.1 Å². The molecule has 1 aliphatic heterocycles. The van der Waals surface area contributed by atoms with Gasteiger partial charge < -0.3 is 19.7 Å². The number of fused-ring (bicyclic) bond motifs is 1. The highest BCUT2D eigenvalue weighted by Gasteiger charge is 2.22. The number of hydrogen-bond acceptors (Lipinski definition) is 10. The fourth-order valence-electron chi connectivity index (χ4n) is 3.01. The molecule has 1 saturated heterocycles. The van der Waals surface area contributed by atoms with E-state index in [1.807, 2.05) is 6.07 Å². The number of rotatable bonds is 5. The molecule has 0 spiro atoms. The molecule has 0 aromatic carbocycles. The van der Waals surface area contributed by atoms with Crippen LogP contribution in [0.2, 0.25) is 0 Å². The van der Waals surface area contributed by atoms with E-state index >= 15 is 0 Å². The number of nitrogens with zero attached hydrogens (tertiary/aromatic N) is 3. The number of alkyl carbamates (subject to hydrolysis) is 1. The molecule has 2 N–H and O–H groups in total. The summed E-state index contributed by atoms with van der Waals surface area (Å²) in [5, 5.41) is 7.05. The largest absolute Gasteiger partial charge is 0.450 e. The van der Waals surface area contributed by atoms with Crippen LogP contribution in [0.5, 0.6) is 0 Å². The van der Waals surface area contributed by atoms with E-state index in [2.05, 4.69) is 25.5 Å². The lowest BCUT2D eigenvalue weighted by atomic mass is 10.3. The Kier molecular flexibility index (Phi) is 6.39. The molecule has 0 saturated carbocycles. The Labute approximate surface area is 185 Å². The van der Waals surface area contributed by atoms with Crippen LogP contribution in [0.4, 0.5) is 15.6 Å². The number of anilines is 2. The van der Waals surface area contributed by atoms with Gasteiger partial charge in [-0.2, -0.15) is 0 Å². The monoisotopic (exact) mass is 461 g/mol. The topological polar surface area (TPSA) is 123 Å². The summed E-state index contributed by atoms with van der Waals surface area (Å²) in [7, 11) is 0. The van der Waals surface area contributed by atoms with Crippen LogP contribution in [0.1, 0.15) is 27.1 Å². The van der Waals surface area contributed by atoms with Crippen LogP contribution in [0.15, 0.2) is 23.7 Å². The summed E-state index contributed by atoms with van der Waals surface area (Å²) in [6.07, 6.45) is 0.856. The van der Waals surface area contributed by atoms with Crippen LogP contribution in [-0.2, 0) is 9.47 Å². The number of ether oxygens (including phenoxy) is 2. The zero-order valence-electron chi connectivity index (χ0n) is 16.5. The van der Waals surface area contributed by atoms with E-state index in [0.29, 0.717) is 36.8 Å². The first-order chi connectivity index (χ1) is 15.1. The molecule has 162 valence electrons. The standard InChI is InChI=1S/C19H19N5O5S2/c1-2-29-19(27)23-15(25)11-4-10-30-17(11)22-16(26)18-21-13-12(31-18)3-5-20-14(13)24-6-8-28-9-7-24/h3-5,10H,2,6-9H2,1H3,(H,22,26)(H,23,25,27). The van der Waals surface area contributed by atoms with E-state index in [1.165, 1.54) is 28.7 Å². The predicted molar refractivity (Wildman–Crippen MR) is 117 cm³/mol. The lowest BCUT2D eigenvalue weighted by Crippen LogP contribution is -2.36. The van der Waals surface area contributed by atoms with Crippen molar-refractivity contribution in [3.8, 4) is 0 Å². The van der Waals surface area contributed by atoms with Crippen LogP contribution in [0, 0.1) is 0 Å². The molecule has 1 fully saturated rings. The van der Waals surface area contributed by atoms with Crippen molar-refractivity contribution in [3.63, 3.8) is 0 Å². The van der Waals surface area contributed by atoms with Crippen molar-refractivity contribution in [2.24, 2.45) is 0 Å². The van der Waals surface area contributed by atoms with E-state index in [-0.39, 0.29) is 17.2 Å². The summed E-state index contributed by atoms with van der Waals surface area (Å²) >= 11 is 2.42. The first-order valence-electron chi connectivity index (χ1n) is 9.52. The summed E-state index contributed by atoms with van der Waals surface area (Å²) < 4.78 is 10.9. The smallest absolute Gasteiger partial charge is 0.414 e. The van der Waals surface area contributed by atoms with Crippen LogP contribution in [-0.4, -0.2) is 60.8 Å². The molecule has 0 bridgehead atoms. The summed E-state index contributed by atoms with van der Waals surface area (Å²) in [6, 6.07) is 3.34. The Morgan fingerprint density at radius 1 is 1.23 bits per heavy atom. The normalized spacial score (nSPS) is 13.8. The molecular formula is C19H19N5O5S2. The molecule has 10 nitrogen and oxygen atoms in total. The van der Waals surface area contributed by atoms with Crippen LogP contribution >= 0.6 is 22.7 Å². The molecule has 1 aliphatic rings. The van der Waals surface area contributed by atoms with E-state index in [9.17, 15) is 14.4 Å². The van der Waals surface area contributed by atoms with Gasteiger partial charge in [0.05, 0.1) is 30.1 Å². The number of amides is 3. The maximum absolute atomic E-state index is 12.8. The van der Waals surface area contributed by atoms with Gasteiger partial charge in [-0.15, -0.1) is 22.7 Å². The molecule has 3 aromatic rings. The van der Waals surface area contributed by atoms with Gasteiger partial charge in [0.25, 0.3) is 11.8 Å². The number of thiophene rings is 1. The van der Waals surface area contributed by atoms with E-state index in [0.717, 1.165) is 10.5 Å². The summed E-state index contributed by atoms with van der Waals surface area (Å²) in [5.41, 5.74) is 0.828. The number of nitrogens with one attached hydrogen (secondary N) is 2. The Bertz CT molecular complexity index is 1120. The number of carbonyl (C=O) groups is 3. The molecule has 12 heteroatoms. The van der Waals surface area contributed by atoms with Crippen LogP contribution in [0.3, 0.4) is 0 Å². The zero-order valence-corrected chi connectivity index (χ0v) is 18.2. The number of morpholine rings is 1. The predicted octanol–water partition coefficient (Wildman–Crippen LogP) is 2.73. The molecule has 0 radical (unpaired) electrons. The first kappa shape index (κ1) is 21.2. The van der Waals surface area contributed by atoms with Gasteiger partial charge in [-0.05, 0) is 24.4 Å². The van der Waals surface area contributed by atoms with Crippen molar-refractivity contribution in [3.05, 3.63) is 34.3 Å². The minimum atomic E-state index is -0.842. The average molecular weight is 462 g/mol. The summed E-state index contributed by atoms with van der Waals surface area (Å²) in [4.78, 5) is 47.7. The molecule has 4 heterocycles. The van der Waals surface area contributed by atoms with Crippen molar-refractivity contribution in [1.29, 1.82) is 0 Å². The van der Waals surface area contributed by atoms with E-state index in [4.69, 9.17) is 9.47 Å².